The Labute approximate surface area is 117 Å². The first-order chi connectivity index (χ1) is 8.54. The molecule has 1 N–H and O–H groups in total. The van der Waals surface area contributed by atoms with E-state index in [9.17, 15) is 9.59 Å². The molecule has 1 saturated heterocycles. The number of hydrogen-bond acceptors (Lipinski definition) is 3. The summed E-state index contributed by atoms with van der Waals surface area (Å²) in [6, 6.07) is 0.113. The van der Waals surface area contributed by atoms with E-state index in [1.807, 2.05) is 0 Å². The van der Waals surface area contributed by atoms with Gasteiger partial charge in [0.25, 0.3) is 5.91 Å². The van der Waals surface area contributed by atoms with Crippen molar-refractivity contribution in [2.75, 3.05) is 26.8 Å². The second kappa shape index (κ2) is 7.81. The van der Waals surface area contributed by atoms with Gasteiger partial charge in [-0.3, -0.25) is 9.59 Å². The number of hydrogen-bond donors (Lipinski definition) is 1. The quantitative estimate of drug-likeness (QED) is 0.768. The van der Waals surface area contributed by atoms with Crippen molar-refractivity contribution in [1.82, 2.24) is 10.2 Å². The first-order valence-electron chi connectivity index (χ1n) is 5.90. The third-order valence-corrected chi connectivity index (χ3v) is 3.27. The number of carbonyl (C=O) groups is 2. The van der Waals surface area contributed by atoms with Crippen molar-refractivity contribution in [2.24, 2.45) is 0 Å². The number of ether oxygens (including phenoxy) is 1. The van der Waals surface area contributed by atoms with Crippen molar-refractivity contribution in [3.63, 3.8) is 0 Å². The SMILES string of the molecule is COCCC(=O)NC1CCN(C(=O)C(Cl)Cl)CC1. The van der Waals surface area contributed by atoms with E-state index in [1.165, 1.54) is 0 Å². The molecule has 0 saturated carbocycles. The fraction of sp³-hybridized carbons (Fsp3) is 0.818. The van der Waals surface area contributed by atoms with Gasteiger partial charge in [-0.25, -0.2) is 0 Å². The molecule has 1 rings (SSSR count). The number of likely N-dealkylation sites (tertiary alicyclic amines) is 1. The number of nitrogens with zero attached hydrogens (tertiary/aromatic N) is 1. The predicted molar refractivity (Wildman–Crippen MR) is 69.7 cm³/mol. The molecule has 18 heavy (non-hydrogen) atoms. The average molecular weight is 297 g/mol. The van der Waals surface area contributed by atoms with E-state index in [1.54, 1.807) is 12.0 Å². The first-order valence-corrected chi connectivity index (χ1v) is 6.77. The molecule has 0 aromatic heterocycles. The Morgan fingerprint density at radius 3 is 2.50 bits per heavy atom. The summed E-state index contributed by atoms with van der Waals surface area (Å²) in [6.45, 7) is 1.57. The highest BCUT2D eigenvalue weighted by Crippen LogP contribution is 2.15. The summed E-state index contributed by atoms with van der Waals surface area (Å²) in [7, 11) is 1.56. The Balaban J connectivity index is 2.27. The van der Waals surface area contributed by atoms with Gasteiger partial charge in [0.2, 0.25) is 5.91 Å². The zero-order valence-electron chi connectivity index (χ0n) is 10.3. The Morgan fingerprint density at radius 1 is 1.39 bits per heavy atom. The van der Waals surface area contributed by atoms with Gasteiger partial charge < -0.3 is 15.0 Å². The van der Waals surface area contributed by atoms with Gasteiger partial charge in [0.05, 0.1) is 6.61 Å². The molecule has 1 aliphatic heterocycles. The van der Waals surface area contributed by atoms with Crippen LogP contribution in [0.5, 0.6) is 0 Å². The lowest BCUT2D eigenvalue weighted by atomic mass is 10.0. The van der Waals surface area contributed by atoms with E-state index in [0.29, 0.717) is 26.1 Å². The lowest BCUT2D eigenvalue weighted by molar-refractivity contribution is -0.130. The zero-order valence-corrected chi connectivity index (χ0v) is 11.8. The highest BCUT2D eigenvalue weighted by Gasteiger charge is 2.26. The number of carbonyl (C=O) groups excluding carboxylic acids is 2. The van der Waals surface area contributed by atoms with Crippen LogP contribution in [0.3, 0.4) is 0 Å². The standard InChI is InChI=1S/C11H18Cl2N2O3/c1-18-7-4-9(16)14-8-2-5-15(6-3-8)11(17)10(12)13/h8,10H,2-7H2,1H3,(H,14,16). The van der Waals surface area contributed by atoms with Crippen LogP contribution in [0.15, 0.2) is 0 Å². The van der Waals surface area contributed by atoms with Crippen LogP contribution in [-0.4, -0.2) is 54.4 Å². The van der Waals surface area contributed by atoms with E-state index >= 15 is 0 Å². The van der Waals surface area contributed by atoms with Crippen molar-refractivity contribution in [1.29, 1.82) is 0 Å². The smallest absolute Gasteiger partial charge is 0.255 e. The fourth-order valence-corrected chi connectivity index (χ4v) is 2.15. The average Bonchev–Trinajstić information content (AvgIpc) is 2.36. The summed E-state index contributed by atoms with van der Waals surface area (Å²) < 4.78 is 4.83. The molecular formula is C11H18Cl2N2O3. The molecule has 0 spiro atoms. The van der Waals surface area contributed by atoms with Crippen molar-refractivity contribution in [2.45, 2.75) is 30.1 Å². The van der Waals surface area contributed by atoms with Crippen molar-refractivity contribution in [3.05, 3.63) is 0 Å². The molecule has 0 aromatic carbocycles. The molecule has 5 nitrogen and oxygen atoms in total. The molecule has 0 bridgehead atoms. The van der Waals surface area contributed by atoms with Crippen molar-refractivity contribution in [3.8, 4) is 0 Å². The van der Waals surface area contributed by atoms with Gasteiger partial charge in [0, 0.05) is 32.7 Å². The summed E-state index contributed by atoms with van der Waals surface area (Å²) in [5.74, 6) is -0.281. The van der Waals surface area contributed by atoms with Crippen LogP contribution < -0.4 is 5.32 Å². The predicted octanol–water partition coefficient (Wildman–Crippen LogP) is 0.934. The van der Waals surface area contributed by atoms with E-state index < -0.39 is 4.84 Å². The first kappa shape index (κ1) is 15.5. The molecule has 0 aliphatic carbocycles. The summed E-state index contributed by atoms with van der Waals surface area (Å²) >= 11 is 11.1. The molecule has 7 heteroatoms. The highest BCUT2D eigenvalue weighted by atomic mass is 35.5. The van der Waals surface area contributed by atoms with E-state index in [4.69, 9.17) is 27.9 Å². The number of amides is 2. The summed E-state index contributed by atoms with van der Waals surface area (Å²) in [4.78, 5) is 23.6. The van der Waals surface area contributed by atoms with Crippen LogP contribution in [0.25, 0.3) is 0 Å². The number of rotatable bonds is 5. The number of methoxy groups -OCH3 is 1. The maximum atomic E-state index is 11.5. The molecule has 104 valence electrons. The molecule has 0 unspecified atom stereocenters. The van der Waals surface area contributed by atoms with Crippen molar-refractivity contribution >= 4 is 35.0 Å². The minimum absolute atomic E-state index is 0.0193. The molecule has 0 aromatic rings. The maximum Gasteiger partial charge on any atom is 0.255 e. The van der Waals surface area contributed by atoms with E-state index in [-0.39, 0.29) is 17.9 Å². The summed E-state index contributed by atoms with van der Waals surface area (Å²) in [6.07, 6.45) is 1.82. The Hall–Kier alpha value is -0.520. The number of alkyl halides is 2. The van der Waals surface area contributed by atoms with E-state index in [0.717, 1.165) is 12.8 Å². The molecule has 1 fully saturated rings. The Kier molecular flexibility index (Phi) is 6.75. The third-order valence-electron chi connectivity index (χ3n) is 2.89. The second-order valence-corrected chi connectivity index (χ2v) is 5.31. The highest BCUT2D eigenvalue weighted by molar-refractivity contribution is 6.53. The molecule has 1 aliphatic rings. The Bertz CT molecular complexity index is 292. The van der Waals surface area contributed by atoms with Gasteiger partial charge in [-0.2, -0.15) is 0 Å². The van der Waals surface area contributed by atoms with Gasteiger partial charge in [0.15, 0.2) is 4.84 Å². The van der Waals surface area contributed by atoms with Crippen LogP contribution in [0.4, 0.5) is 0 Å². The van der Waals surface area contributed by atoms with Crippen LogP contribution in [0.1, 0.15) is 19.3 Å². The number of nitrogens with one attached hydrogen (secondary N) is 1. The fourth-order valence-electron chi connectivity index (χ4n) is 1.88. The lowest BCUT2D eigenvalue weighted by Crippen LogP contribution is -2.47. The molecule has 0 radical (unpaired) electrons. The van der Waals surface area contributed by atoms with Crippen molar-refractivity contribution < 1.29 is 14.3 Å². The topological polar surface area (TPSA) is 58.6 Å². The summed E-state index contributed by atoms with van der Waals surface area (Å²) in [5.41, 5.74) is 0. The van der Waals surface area contributed by atoms with Gasteiger partial charge in [-0.15, -0.1) is 0 Å². The molecule has 1 heterocycles. The lowest BCUT2D eigenvalue weighted by Gasteiger charge is -2.32. The van der Waals surface area contributed by atoms with Gasteiger partial charge in [0.1, 0.15) is 0 Å². The van der Waals surface area contributed by atoms with Crippen LogP contribution >= 0.6 is 23.2 Å². The minimum atomic E-state index is -1.00. The monoisotopic (exact) mass is 296 g/mol. The normalized spacial score (nSPS) is 17.0. The van der Waals surface area contributed by atoms with Crippen LogP contribution in [0, 0.1) is 0 Å². The van der Waals surface area contributed by atoms with Gasteiger partial charge >= 0.3 is 0 Å². The second-order valence-electron chi connectivity index (χ2n) is 4.21. The molecule has 2 amide bonds. The molecular weight excluding hydrogens is 279 g/mol. The van der Waals surface area contributed by atoms with Gasteiger partial charge in [-0.05, 0) is 12.8 Å². The summed E-state index contributed by atoms with van der Waals surface area (Å²) in [5, 5.41) is 2.92. The van der Waals surface area contributed by atoms with Crippen LogP contribution in [-0.2, 0) is 14.3 Å². The van der Waals surface area contributed by atoms with E-state index in [2.05, 4.69) is 5.32 Å². The largest absolute Gasteiger partial charge is 0.384 e. The van der Waals surface area contributed by atoms with Crippen LogP contribution in [0.2, 0.25) is 0 Å². The van der Waals surface area contributed by atoms with Gasteiger partial charge in [-0.1, -0.05) is 23.2 Å². The number of halogens is 2. The minimum Gasteiger partial charge on any atom is -0.384 e. The maximum absolute atomic E-state index is 11.5. The third kappa shape index (κ3) is 5.00. The zero-order chi connectivity index (χ0) is 13.5. The number of piperidine rings is 1. The molecule has 0 atom stereocenters. The Morgan fingerprint density at radius 2 is 2.00 bits per heavy atom.